The molecular weight excluding hydrogens is 230 g/mol. The molecule has 18 heavy (non-hydrogen) atoms. The van der Waals surface area contributed by atoms with Gasteiger partial charge in [0.2, 0.25) is 5.91 Å². The van der Waals surface area contributed by atoms with E-state index in [0.29, 0.717) is 0 Å². The number of aliphatic hydroxyl groups is 1. The molecule has 1 amide bonds. The molecule has 2 rings (SSSR count). The number of amides is 1. The van der Waals surface area contributed by atoms with Gasteiger partial charge in [-0.3, -0.25) is 9.69 Å². The van der Waals surface area contributed by atoms with Gasteiger partial charge in [0.1, 0.15) is 0 Å². The summed E-state index contributed by atoms with van der Waals surface area (Å²) < 4.78 is 0. The van der Waals surface area contributed by atoms with Crippen LogP contribution in [0.4, 0.5) is 0 Å². The molecule has 3 N–H and O–H groups in total. The molecule has 0 aromatic heterocycles. The Labute approximate surface area is 109 Å². The fourth-order valence-corrected chi connectivity index (χ4v) is 3.07. The Balaban J connectivity index is 1.80. The molecule has 104 valence electrons. The molecule has 2 atom stereocenters. The van der Waals surface area contributed by atoms with Crippen molar-refractivity contribution in [1.29, 1.82) is 0 Å². The van der Waals surface area contributed by atoms with Crippen molar-refractivity contribution in [3.63, 3.8) is 0 Å². The molecule has 0 aromatic rings. The maximum atomic E-state index is 11.0. The van der Waals surface area contributed by atoms with Crippen molar-refractivity contribution in [1.82, 2.24) is 15.5 Å². The summed E-state index contributed by atoms with van der Waals surface area (Å²) in [6.07, 6.45) is 3.74. The van der Waals surface area contributed by atoms with Crippen molar-refractivity contribution in [3.8, 4) is 0 Å². The van der Waals surface area contributed by atoms with Crippen molar-refractivity contribution in [2.45, 2.75) is 44.2 Å². The highest BCUT2D eigenvalue weighted by atomic mass is 16.3. The number of hydrogen-bond acceptors (Lipinski definition) is 4. The van der Waals surface area contributed by atoms with Crippen LogP contribution in [0.25, 0.3) is 0 Å². The summed E-state index contributed by atoms with van der Waals surface area (Å²) in [6.45, 7) is 6.06. The third kappa shape index (κ3) is 3.93. The molecule has 0 saturated carbocycles. The number of carbonyl (C=O) groups is 1. The maximum absolute atomic E-state index is 11.0. The van der Waals surface area contributed by atoms with E-state index in [2.05, 4.69) is 15.5 Å². The van der Waals surface area contributed by atoms with E-state index in [1.165, 1.54) is 0 Å². The molecular formula is C13H25N3O2. The zero-order valence-electron chi connectivity index (χ0n) is 11.2. The Morgan fingerprint density at radius 3 is 3.11 bits per heavy atom. The monoisotopic (exact) mass is 255 g/mol. The first-order chi connectivity index (χ1) is 8.57. The first kappa shape index (κ1) is 13.8. The molecule has 0 radical (unpaired) electrons. The Kier molecular flexibility index (Phi) is 4.59. The lowest BCUT2D eigenvalue weighted by molar-refractivity contribution is -0.119. The highest BCUT2D eigenvalue weighted by Crippen LogP contribution is 2.23. The second-order valence-corrected chi connectivity index (χ2v) is 5.75. The second kappa shape index (κ2) is 5.99. The maximum Gasteiger partial charge on any atom is 0.217 e. The molecule has 0 aliphatic carbocycles. The molecule has 0 aromatic carbocycles. The van der Waals surface area contributed by atoms with E-state index in [1.807, 2.05) is 0 Å². The minimum absolute atomic E-state index is 0.0410. The quantitative estimate of drug-likeness (QED) is 0.648. The van der Waals surface area contributed by atoms with Crippen molar-refractivity contribution < 1.29 is 9.90 Å². The lowest BCUT2D eigenvalue weighted by Crippen LogP contribution is -2.44. The van der Waals surface area contributed by atoms with Crippen LogP contribution in [0, 0.1) is 0 Å². The Morgan fingerprint density at radius 1 is 1.50 bits per heavy atom. The summed E-state index contributed by atoms with van der Waals surface area (Å²) in [5.74, 6) is 0.0410. The predicted molar refractivity (Wildman–Crippen MR) is 70.3 cm³/mol. The summed E-state index contributed by atoms with van der Waals surface area (Å²) in [4.78, 5) is 13.3. The molecule has 2 saturated heterocycles. The van der Waals surface area contributed by atoms with Gasteiger partial charge in [0.15, 0.2) is 0 Å². The minimum Gasteiger partial charge on any atom is -0.389 e. The summed E-state index contributed by atoms with van der Waals surface area (Å²) in [6, 6.07) is 0.259. The van der Waals surface area contributed by atoms with Crippen LogP contribution in [-0.4, -0.2) is 60.3 Å². The number of nitrogens with zero attached hydrogens (tertiary/aromatic N) is 1. The second-order valence-electron chi connectivity index (χ2n) is 5.75. The number of rotatable bonds is 3. The minimum atomic E-state index is -0.547. The van der Waals surface area contributed by atoms with Crippen LogP contribution in [-0.2, 0) is 4.79 Å². The topological polar surface area (TPSA) is 64.6 Å². The van der Waals surface area contributed by atoms with Crippen molar-refractivity contribution in [3.05, 3.63) is 0 Å². The Morgan fingerprint density at radius 2 is 2.33 bits per heavy atom. The van der Waals surface area contributed by atoms with E-state index in [4.69, 9.17) is 0 Å². The van der Waals surface area contributed by atoms with Gasteiger partial charge in [-0.15, -0.1) is 0 Å². The van der Waals surface area contributed by atoms with Crippen molar-refractivity contribution in [2.75, 3.05) is 32.7 Å². The van der Waals surface area contributed by atoms with Gasteiger partial charge in [-0.1, -0.05) is 0 Å². The Bertz CT molecular complexity index is 288. The largest absolute Gasteiger partial charge is 0.389 e. The highest BCUT2D eigenvalue weighted by Gasteiger charge is 2.33. The molecule has 2 aliphatic rings. The number of β-amino-alcohol motifs (C(OH)–C–C–N with tert-alkyl or cyclic N) is 1. The van der Waals surface area contributed by atoms with Gasteiger partial charge in [-0.25, -0.2) is 0 Å². The van der Waals surface area contributed by atoms with Crippen LogP contribution < -0.4 is 10.6 Å². The third-order valence-corrected chi connectivity index (χ3v) is 3.96. The van der Waals surface area contributed by atoms with Crippen LogP contribution in [0.3, 0.4) is 0 Å². The average Bonchev–Trinajstić information content (AvgIpc) is 2.58. The fourth-order valence-electron chi connectivity index (χ4n) is 3.07. The zero-order valence-corrected chi connectivity index (χ0v) is 11.2. The summed E-state index contributed by atoms with van der Waals surface area (Å²) in [5.41, 5.74) is -0.547. The van der Waals surface area contributed by atoms with Gasteiger partial charge in [-0.05, 0) is 38.8 Å². The van der Waals surface area contributed by atoms with Gasteiger partial charge in [0.05, 0.1) is 5.60 Å². The van der Waals surface area contributed by atoms with Crippen LogP contribution in [0.1, 0.15) is 32.6 Å². The molecule has 0 bridgehead atoms. The normalized spacial score (nSPS) is 34.2. The summed E-state index contributed by atoms with van der Waals surface area (Å²) >= 11 is 0. The predicted octanol–water partition coefficient (Wildman–Crippen LogP) is -0.299. The van der Waals surface area contributed by atoms with E-state index < -0.39 is 5.60 Å². The van der Waals surface area contributed by atoms with E-state index >= 15 is 0 Å². The van der Waals surface area contributed by atoms with Crippen molar-refractivity contribution in [2.24, 2.45) is 0 Å². The SMILES string of the molecule is CC(=O)NC1CCN(CC2(O)CCCNCC2)C1. The van der Waals surface area contributed by atoms with Gasteiger partial charge in [-0.2, -0.15) is 0 Å². The first-order valence-corrected chi connectivity index (χ1v) is 7.00. The molecule has 2 heterocycles. The van der Waals surface area contributed by atoms with Crippen LogP contribution >= 0.6 is 0 Å². The summed E-state index contributed by atoms with van der Waals surface area (Å²) in [5, 5.41) is 16.9. The molecule has 5 heteroatoms. The van der Waals surface area contributed by atoms with E-state index in [0.717, 1.165) is 58.4 Å². The lowest BCUT2D eigenvalue weighted by Gasteiger charge is -2.31. The number of carbonyl (C=O) groups excluding carboxylic acids is 1. The van der Waals surface area contributed by atoms with E-state index in [-0.39, 0.29) is 11.9 Å². The van der Waals surface area contributed by atoms with Gasteiger partial charge in [0, 0.05) is 32.6 Å². The van der Waals surface area contributed by atoms with Crippen LogP contribution in [0.15, 0.2) is 0 Å². The van der Waals surface area contributed by atoms with Gasteiger partial charge in [0.25, 0.3) is 0 Å². The van der Waals surface area contributed by atoms with E-state index in [1.54, 1.807) is 6.92 Å². The van der Waals surface area contributed by atoms with Gasteiger partial charge >= 0.3 is 0 Å². The van der Waals surface area contributed by atoms with Crippen LogP contribution in [0.2, 0.25) is 0 Å². The molecule has 2 aliphatic heterocycles. The van der Waals surface area contributed by atoms with E-state index in [9.17, 15) is 9.90 Å². The number of nitrogens with one attached hydrogen (secondary N) is 2. The smallest absolute Gasteiger partial charge is 0.217 e. The molecule has 2 fully saturated rings. The Hall–Kier alpha value is -0.650. The average molecular weight is 255 g/mol. The highest BCUT2D eigenvalue weighted by molar-refractivity contribution is 5.73. The molecule has 5 nitrogen and oxygen atoms in total. The fraction of sp³-hybridized carbons (Fsp3) is 0.923. The third-order valence-electron chi connectivity index (χ3n) is 3.96. The lowest BCUT2D eigenvalue weighted by atomic mass is 9.94. The van der Waals surface area contributed by atoms with Crippen molar-refractivity contribution >= 4 is 5.91 Å². The first-order valence-electron chi connectivity index (χ1n) is 7.00. The standard InChI is InChI=1S/C13H25N3O2/c1-11(17)15-12-3-8-16(9-12)10-13(18)4-2-6-14-7-5-13/h12,14,18H,2-10H2,1H3,(H,15,17). The van der Waals surface area contributed by atoms with Crippen LogP contribution in [0.5, 0.6) is 0 Å². The number of likely N-dealkylation sites (tertiary alicyclic amines) is 1. The summed E-state index contributed by atoms with van der Waals surface area (Å²) in [7, 11) is 0. The van der Waals surface area contributed by atoms with Gasteiger partial charge < -0.3 is 15.7 Å². The number of hydrogen-bond donors (Lipinski definition) is 3. The zero-order chi connectivity index (χ0) is 13.0. The molecule has 2 unspecified atom stereocenters. The molecule has 0 spiro atoms.